The van der Waals surface area contributed by atoms with Crippen LogP contribution in [0.3, 0.4) is 0 Å². The molecule has 9 nitrogen and oxygen atoms in total. The van der Waals surface area contributed by atoms with Gasteiger partial charge in [0, 0.05) is 5.56 Å². The third kappa shape index (κ3) is 3.09. The first-order chi connectivity index (χ1) is 10.8. The number of hydrogen-bond donors (Lipinski definition) is 3. The van der Waals surface area contributed by atoms with Crippen molar-refractivity contribution in [1.29, 1.82) is 0 Å². The van der Waals surface area contributed by atoms with Gasteiger partial charge >= 0.3 is 12.0 Å². The molecule has 23 heavy (non-hydrogen) atoms. The molecule has 2 rings (SSSR count). The highest BCUT2D eigenvalue weighted by Gasteiger charge is 2.50. The zero-order valence-electron chi connectivity index (χ0n) is 11.9. The Labute approximate surface area is 129 Å². The number of Topliss-reactive ketones (excluding diaryl/α,β-unsaturated/α-hetero) is 1. The van der Waals surface area contributed by atoms with Crippen LogP contribution in [0.2, 0.25) is 0 Å². The van der Waals surface area contributed by atoms with E-state index in [2.05, 4.69) is 4.74 Å². The highest BCUT2D eigenvalue weighted by molar-refractivity contribution is 6.23. The van der Waals surface area contributed by atoms with Gasteiger partial charge in [-0.25, -0.2) is 9.59 Å². The summed E-state index contributed by atoms with van der Waals surface area (Å²) in [5, 5.41) is 13.5. The van der Waals surface area contributed by atoms with Gasteiger partial charge in [0.1, 0.15) is 0 Å². The summed E-state index contributed by atoms with van der Waals surface area (Å²) >= 11 is 0. The first-order valence-electron chi connectivity index (χ1n) is 6.39. The number of methoxy groups -OCH3 is 1. The molecule has 0 atom stereocenters. The van der Waals surface area contributed by atoms with Crippen LogP contribution in [-0.2, 0) is 14.3 Å². The minimum absolute atomic E-state index is 0.0728. The number of benzene rings is 1. The van der Waals surface area contributed by atoms with Gasteiger partial charge in [0.2, 0.25) is 5.60 Å². The summed E-state index contributed by atoms with van der Waals surface area (Å²) in [6, 6.07) is 4.17. The van der Waals surface area contributed by atoms with Crippen molar-refractivity contribution in [3.05, 3.63) is 35.4 Å². The maximum Gasteiger partial charge on any atom is 0.337 e. The zero-order valence-corrected chi connectivity index (χ0v) is 11.9. The number of carbonyl (C=O) groups is 5. The number of hydrogen-bond acceptors (Lipinski definition) is 7. The Morgan fingerprint density at radius 1 is 1.04 bits per heavy atom. The number of urea groups is 1. The fraction of sp³-hybridized carbons (Fsp3) is 0.214. The van der Waals surface area contributed by atoms with E-state index in [4.69, 9.17) is 0 Å². The lowest BCUT2D eigenvalue weighted by Crippen LogP contribution is -2.67. The molecule has 1 heterocycles. The normalized spacial score (nSPS) is 16.3. The molecule has 0 aromatic heterocycles. The topological polar surface area (TPSA) is 139 Å². The standard InChI is InChI=1S/C14H12N2O7/c1-23-10(18)8-4-2-7(3-5-8)9(17)6-14(22)11(19)15-13(21)16-12(14)20/h2-5,22H,6H2,1H3,(H2,15,16,19,20,21). The summed E-state index contributed by atoms with van der Waals surface area (Å²) in [6.07, 6.45) is -0.852. The number of esters is 1. The van der Waals surface area contributed by atoms with Crippen molar-refractivity contribution < 1.29 is 33.8 Å². The van der Waals surface area contributed by atoms with E-state index in [0.717, 1.165) is 0 Å². The van der Waals surface area contributed by atoms with Crippen LogP contribution in [-0.4, -0.2) is 47.4 Å². The Balaban J connectivity index is 2.18. The molecule has 3 N–H and O–H groups in total. The fourth-order valence-corrected chi connectivity index (χ4v) is 1.95. The molecule has 1 aliphatic heterocycles. The second-order valence-corrected chi connectivity index (χ2v) is 4.77. The average Bonchev–Trinajstić information content (AvgIpc) is 2.52. The van der Waals surface area contributed by atoms with Crippen LogP contribution in [0, 0.1) is 0 Å². The largest absolute Gasteiger partial charge is 0.465 e. The van der Waals surface area contributed by atoms with Crippen LogP contribution < -0.4 is 10.6 Å². The van der Waals surface area contributed by atoms with Gasteiger partial charge in [-0.1, -0.05) is 12.1 Å². The van der Waals surface area contributed by atoms with E-state index in [-0.39, 0.29) is 11.1 Å². The number of barbiturate groups is 1. The number of imide groups is 2. The van der Waals surface area contributed by atoms with Crippen molar-refractivity contribution in [2.75, 3.05) is 7.11 Å². The first kappa shape index (κ1) is 16.3. The van der Waals surface area contributed by atoms with E-state index in [0.29, 0.717) is 0 Å². The average molecular weight is 320 g/mol. The van der Waals surface area contributed by atoms with Gasteiger partial charge in [-0.3, -0.25) is 25.0 Å². The number of carbonyl (C=O) groups excluding carboxylic acids is 5. The van der Waals surface area contributed by atoms with Crippen molar-refractivity contribution in [3.63, 3.8) is 0 Å². The number of ketones is 1. The number of nitrogens with one attached hydrogen (secondary N) is 2. The fourth-order valence-electron chi connectivity index (χ4n) is 1.95. The van der Waals surface area contributed by atoms with Gasteiger partial charge < -0.3 is 9.84 Å². The molecular weight excluding hydrogens is 308 g/mol. The maximum absolute atomic E-state index is 12.1. The van der Waals surface area contributed by atoms with Crippen LogP contribution in [0.15, 0.2) is 24.3 Å². The second-order valence-electron chi connectivity index (χ2n) is 4.77. The Bertz CT molecular complexity index is 688. The summed E-state index contributed by atoms with van der Waals surface area (Å²) in [7, 11) is 1.21. The molecule has 120 valence electrons. The van der Waals surface area contributed by atoms with Crippen LogP contribution >= 0.6 is 0 Å². The number of aliphatic hydroxyl groups is 1. The maximum atomic E-state index is 12.1. The van der Waals surface area contributed by atoms with E-state index >= 15 is 0 Å². The number of amides is 4. The van der Waals surface area contributed by atoms with Crippen LogP contribution in [0.25, 0.3) is 0 Å². The van der Waals surface area contributed by atoms with Crippen molar-refractivity contribution in [2.24, 2.45) is 0 Å². The zero-order chi connectivity index (χ0) is 17.2. The third-order valence-electron chi connectivity index (χ3n) is 3.25. The van der Waals surface area contributed by atoms with Gasteiger partial charge in [-0.15, -0.1) is 0 Å². The molecule has 9 heteroatoms. The number of rotatable bonds is 4. The predicted octanol–water partition coefficient (Wildman–Crippen LogP) is -0.857. The summed E-state index contributed by atoms with van der Waals surface area (Å²) < 4.78 is 4.51. The van der Waals surface area contributed by atoms with Crippen LogP contribution in [0.5, 0.6) is 0 Å². The smallest absolute Gasteiger partial charge is 0.337 e. The molecule has 1 aromatic rings. The molecule has 0 radical (unpaired) electrons. The van der Waals surface area contributed by atoms with Crippen molar-refractivity contribution in [2.45, 2.75) is 12.0 Å². The molecule has 0 saturated carbocycles. The molecule has 1 fully saturated rings. The van der Waals surface area contributed by atoms with E-state index < -0.39 is 41.6 Å². The van der Waals surface area contributed by atoms with E-state index in [9.17, 15) is 29.1 Å². The summed E-state index contributed by atoms with van der Waals surface area (Å²) in [4.78, 5) is 57.6. The molecule has 0 spiro atoms. The second kappa shape index (κ2) is 5.97. The van der Waals surface area contributed by atoms with Gasteiger partial charge in [0.15, 0.2) is 5.78 Å². The molecule has 0 unspecified atom stereocenters. The molecule has 1 aromatic carbocycles. The molecule has 0 aliphatic carbocycles. The molecule has 1 aliphatic rings. The van der Waals surface area contributed by atoms with Crippen LogP contribution in [0.4, 0.5) is 4.79 Å². The van der Waals surface area contributed by atoms with Gasteiger partial charge in [-0.2, -0.15) is 0 Å². The minimum atomic E-state index is -2.67. The third-order valence-corrected chi connectivity index (χ3v) is 3.25. The van der Waals surface area contributed by atoms with Gasteiger partial charge in [-0.05, 0) is 12.1 Å². The minimum Gasteiger partial charge on any atom is -0.465 e. The lowest BCUT2D eigenvalue weighted by molar-refractivity contribution is -0.154. The summed E-state index contributed by atoms with van der Waals surface area (Å²) in [5.41, 5.74) is -2.39. The van der Waals surface area contributed by atoms with Crippen molar-refractivity contribution >= 4 is 29.6 Å². The van der Waals surface area contributed by atoms with Crippen LogP contribution in [0.1, 0.15) is 27.1 Å². The molecule has 1 saturated heterocycles. The van der Waals surface area contributed by atoms with E-state index in [1.807, 2.05) is 0 Å². The Hall–Kier alpha value is -3.07. The van der Waals surface area contributed by atoms with Gasteiger partial charge in [0.25, 0.3) is 11.8 Å². The molecule has 0 bridgehead atoms. The van der Waals surface area contributed by atoms with E-state index in [1.165, 1.54) is 31.4 Å². The van der Waals surface area contributed by atoms with Crippen molar-refractivity contribution in [1.82, 2.24) is 10.6 Å². The monoisotopic (exact) mass is 320 g/mol. The SMILES string of the molecule is COC(=O)c1ccc(C(=O)CC2(O)C(=O)NC(=O)NC2=O)cc1. The Morgan fingerprint density at radius 3 is 2.00 bits per heavy atom. The quantitative estimate of drug-likeness (QED) is 0.373. The Morgan fingerprint density at radius 2 is 1.52 bits per heavy atom. The predicted molar refractivity (Wildman–Crippen MR) is 73.4 cm³/mol. The summed E-state index contributed by atoms with van der Waals surface area (Å²) in [5.74, 6) is -3.85. The lowest BCUT2D eigenvalue weighted by atomic mass is 9.90. The van der Waals surface area contributed by atoms with E-state index in [1.54, 1.807) is 10.6 Å². The number of ether oxygens (including phenoxy) is 1. The van der Waals surface area contributed by atoms with Crippen molar-refractivity contribution in [3.8, 4) is 0 Å². The highest BCUT2D eigenvalue weighted by atomic mass is 16.5. The highest BCUT2D eigenvalue weighted by Crippen LogP contribution is 2.18. The molecular formula is C14H12N2O7. The Kier molecular flexibility index (Phi) is 4.23. The first-order valence-corrected chi connectivity index (χ1v) is 6.39. The van der Waals surface area contributed by atoms with Gasteiger partial charge in [0.05, 0.1) is 19.1 Å². The summed E-state index contributed by atoms with van der Waals surface area (Å²) in [6.45, 7) is 0. The molecule has 4 amide bonds. The lowest BCUT2D eigenvalue weighted by Gasteiger charge is -2.28.